The van der Waals surface area contributed by atoms with Gasteiger partial charge in [0.25, 0.3) is 0 Å². The number of benzene rings is 1. The van der Waals surface area contributed by atoms with E-state index < -0.39 is 0 Å². The number of hydrogen-bond acceptors (Lipinski definition) is 2. The molecule has 0 radical (unpaired) electrons. The van der Waals surface area contributed by atoms with Crippen LogP contribution in [0.3, 0.4) is 0 Å². The molecule has 0 aliphatic heterocycles. The quantitative estimate of drug-likeness (QED) is 0.495. The van der Waals surface area contributed by atoms with E-state index in [1.54, 1.807) is 17.4 Å². The van der Waals surface area contributed by atoms with E-state index in [4.69, 9.17) is 39.5 Å². The fourth-order valence-corrected chi connectivity index (χ4v) is 4.75. The maximum Gasteiger partial charge on any atom is 0.139 e. The van der Waals surface area contributed by atoms with Crippen LogP contribution >= 0.6 is 62.1 Å². The van der Waals surface area contributed by atoms with Crippen molar-refractivity contribution in [2.24, 2.45) is 0 Å². The summed E-state index contributed by atoms with van der Waals surface area (Å²) in [5, 5.41) is 3.93. The standard InChI is InChI=1S/C14H12BrCl3OS/c1-3-19-11-5-9(16)8(4-10(11)17)12(15)14-13(18)7(2)6-20-14/h4-6,12H,3H2,1-2H3. The second-order valence-corrected chi connectivity index (χ2v) is 7.22. The SMILES string of the molecule is CCOc1cc(Cl)c(C(Br)c2scc(C)c2Cl)cc1Cl. The largest absolute Gasteiger partial charge is 0.492 e. The molecule has 1 unspecified atom stereocenters. The van der Waals surface area contributed by atoms with Gasteiger partial charge in [0.1, 0.15) is 5.75 Å². The van der Waals surface area contributed by atoms with E-state index in [1.807, 2.05) is 25.3 Å². The summed E-state index contributed by atoms with van der Waals surface area (Å²) in [6.07, 6.45) is 0. The molecular weight excluding hydrogens is 402 g/mol. The summed E-state index contributed by atoms with van der Waals surface area (Å²) in [6.45, 7) is 4.43. The number of alkyl halides is 1. The average Bonchev–Trinajstić information content (AvgIpc) is 2.73. The normalized spacial score (nSPS) is 12.5. The highest BCUT2D eigenvalue weighted by atomic mass is 79.9. The molecule has 1 heterocycles. The Balaban J connectivity index is 2.42. The molecule has 0 spiro atoms. The molecule has 1 aromatic carbocycles. The van der Waals surface area contributed by atoms with Crippen LogP contribution < -0.4 is 4.74 Å². The third-order valence-electron chi connectivity index (χ3n) is 2.78. The summed E-state index contributed by atoms with van der Waals surface area (Å²) in [7, 11) is 0. The summed E-state index contributed by atoms with van der Waals surface area (Å²) in [5.41, 5.74) is 1.94. The molecule has 0 aliphatic rings. The van der Waals surface area contributed by atoms with Crippen LogP contribution in [0.25, 0.3) is 0 Å². The van der Waals surface area contributed by atoms with Gasteiger partial charge in [-0.05, 0) is 36.4 Å². The predicted octanol–water partition coefficient (Wildman–Crippen LogP) is 6.90. The smallest absolute Gasteiger partial charge is 0.139 e. The van der Waals surface area contributed by atoms with E-state index in [-0.39, 0.29) is 4.83 Å². The van der Waals surface area contributed by atoms with Crippen molar-refractivity contribution in [1.29, 1.82) is 0 Å². The number of aryl methyl sites for hydroxylation is 1. The first kappa shape index (κ1) is 16.4. The first-order chi connectivity index (χ1) is 9.45. The van der Waals surface area contributed by atoms with Crippen molar-refractivity contribution in [3.63, 3.8) is 0 Å². The number of thiophene rings is 1. The van der Waals surface area contributed by atoms with Crippen LogP contribution in [0.15, 0.2) is 17.5 Å². The topological polar surface area (TPSA) is 9.23 Å². The maximum atomic E-state index is 6.33. The van der Waals surface area contributed by atoms with E-state index in [2.05, 4.69) is 15.9 Å². The number of ether oxygens (including phenoxy) is 1. The molecule has 20 heavy (non-hydrogen) atoms. The zero-order valence-corrected chi connectivity index (χ0v) is 15.5. The Labute approximate surface area is 145 Å². The second kappa shape index (κ2) is 6.89. The second-order valence-electron chi connectivity index (χ2n) is 4.20. The van der Waals surface area contributed by atoms with Crippen LogP contribution in [0.1, 0.15) is 27.8 Å². The molecule has 0 bridgehead atoms. The van der Waals surface area contributed by atoms with Crippen LogP contribution in [-0.4, -0.2) is 6.61 Å². The Bertz CT molecular complexity index is 627. The Kier molecular flexibility index (Phi) is 5.66. The van der Waals surface area contributed by atoms with Gasteiger partial charge in [0.15, 0.2) is 0 Å². The third-order valence-corrected chi connectivity index (χ3v) is 6.44. The Morgan fingerprint density at radius 1 is 1.25 bits per heavy atom. The molecule has 1 nitrogen and oxygen atoms in total. The summed E-state index contributed by atoms with van der Waals surface area (Å²) >= 11 is 24.1. The molecule has 2 rings (SSSR count). The van der Waals surface area contributed by atoms with Crippen LogP contribution in [0.2, 0.25) is 15.1 Å². The van der Waals surface area contributed by atoms with E-state index in [9.17, 15) is 0 Å². The molecular formula is C14H12BrCl3OS. The highest BCUT2D eigenvalue weighted by Gasteiger charge is 2.21. The number of halogens is 4. The van der Waals surface area contributed by atoms with Crippen molar-refractivity contribution in [2.75, 3.05) is 6.61 Å². The minimum atomic E-state index is -0.0885. The first-order valence-electron chi connectivity index (χ1n) is 5.95. The van der Waals surface area contributed by atoms with Gasteiger partial charge in [-0.25, -0.2) is 0 Å². The Morgan fingerprint density at radius 2 is 1.95 bits per heavy atom. The highest BCUT2D eigenvalue weighted by Crippen LogP contribution is 2.45. The Hall–Kier alpha value is 0.0700. The molecule has 6 heteroatoms. The monoisotopic (exact) mass is 412 g/mol. The lowest BCUT2D eigenvalue weighted by Gasteiger charge is -2.14. The van der Waals surface area contributed by atoms with Crippen LogP contribution in [0, 0.1) is 6.92 Å². The van der Waals surface area contributed by atoms with Crippen molar-refractivity contribution < 1.29 is 4.74 Å². The van der Waals surface area contributed by atoms with Crippen molar-refractivity contribution in [3.8, 4) is 5.75 Å². The molecule has 0 N–H and O–H groups in total. The van der Waals surface area contributed by atoms with E-state index >= 15 is 0 Å². The molecule has 1 atom stereocenters. The predicted molar refractivity (Wildman–Crippen MR) is 92.5 cm³/mol. The van der Waals surface area contributed by atoms with Gasteiger partial charge in [-0.15, -0.1) is 11.3 Å². The van der Waals surface area contributed by atoms with Crippen molar-refractivity contribution >= 4 is 62.1 Å². The van der Waals surface area contributed by atoms with E-state index in [0.717, 1.165) is 21.0 Å². The summed E-state index contributed by atoms with van der Waals surface area (Å²) < 4.78 is 5.43. The van der Waals surface area contributed by atoms with Gasteiger partial charge in [-0.3, -0.25) is 0 Å². The fraction of sp³-hybridized carbons (Fsp3) is 0.286. The van der Waals surface area contributed by atoms with Crippen LogP contribution in [0.4, 0.5) is 0 Å². The molecule has 0 fully saturated rings. The minimum Gasteiger partial charge on any atom is -0.492 e. The van der Waals surface area contributed by atoms with Crippen molar-refractivity contribution in [1.82, 2.24) is 0 Å². The number of hydrogen-bond donors (Lipinski definition) is 0. The molecule has 0 aliphatic carbocycles. The molecule has 1 aromatic heterocycles. The highest BCUT2D eigenvalue weighted by molar-refractivity contribution is 9.09. The zero-order chi connectivity index (χ0) is 14.9. The molecule has 0 saturated carbocycles. The molecule has 0 amide bonds. The van der Waals surface area contributed by atoms with Gasteiger partial charge >= 0.3 is 0 Å². The first-order valence-corrected chi connectivity index (χ1v) is 8.87. The minimum absolute atomic E-state index is 0.0885. The summed E-state index contributed by atoms with van der Waals surface area (Å²) in [4.78, 5) is 0.931. The van der Waals surface area contributed by atoms with Gasteiger partial charge in [0, 0.05) is 16.0 Å². The van der Waals surface area contributed by atoms with Crippen molar-refractivity contribution in [3.05, 3.63) is 48.6 Å². The Morgan fingerprint density at radius 3 is 2.50 bits per heavy atom. The third kappa shape index (κ3) is 3.28. The lowest BCUT2D eigenvalue weighted by molar-refractivity contribution is 0.340. The van der Waals surface area contributed by atoms with Crippen LogP contribution in [0.5, 0.6) is 5.75 Å². The molecule has 108 valence electrons. The summed E-state index contributed by atoms with van der Waals surface area (Å²) in [5.74, 6) is 0.594. The van der Waals surface area contributed by atoms with Gasteiger partial charge in [0.05, 0.1) is 21.5 Å². The van der Waals surface area contributed by atoms with E-state index in [1.165, 1.54) is 0 Å². The fourth-order valence-electron chi connectivity index (χ4n) is 1.77. The average molecular weight is 415 g/mol. The number of rotatable bonds is 4. The van der Waals surface area contributed by atoms with Gasteiger partial charge < -0.3 is 4.74 Å². The molecule has 2 aromatic rings. The van der Waals surface area contributed by atoms with E-state index in [0.29, 0.717) is 22.4 Å². The van der Waals surface area contributed by atoms with Gasteiger partial charge in [-0.1, -0.05) is 50.7 Å². The van der Waals surface area contributed by atoms with Gasteiger partial charge in [0.2, 0.25) is 0 Å². The van der Waals surface area contributed by atoms with Crippen LogP contribution in [-0.2, 0) is 0 Å². The van der Waals surface area contributed by atoms with Crippen molar-refractivity contribution in [2.45, 2.75) is 18.7 Å². The van der Waals surface area contributed by atoms with Gasteiger partial charge in [-0.2, -0.15) is 0 Å². The maximum absolute atomic E-state index is 6.33. The zero-order valence-electron chi connectivity index (χ0n) is 10.8. The lowest BCUT2D eigenvalue weighted by atomic mass is 10.1. The summed E-state index contributed by atoms with van der Waals surface area (Å²) in [6, 6.07) is 3.56. The molecule has 0 saturated heterocycles. The lowest BCUT2D eigenvalue weighted by Crippen LogP contribution is -1.96.